The first-order chi connectivity index (χ1) is 9.54. The molecule has 2 N–H and O–H groups in total. The van der Waals surface area contributed by atoms with Gasteiger partial charge in [-0.3, -0.25) is 9.69 Å². The van der Waals surface area contributed by atoms with Crippen LogP contribution in [0.15, 0.2) is 24.3 Å². The first kappa shape index (κ1) is 15.0. The molecule has 20 heavy (non-hydrogen) atoms. The van der Waals surface area contributed by atoms with Gasteiger partial charge in [0.05, 0.1) is 0 Å². The molecule has 1 heterocycles. The summed E-state index contributed by atoms with van der Waals surface area (Å²) in [6.45, 7) is 7.07. The van der Waals surface area contributed by atoms with Crippen LogP contribution in [0.4, 0.5) is 5.69 Å². The molecular weight excluding hydrogens is 252 g/mol. The Labute approximate surface area is 120 Å². The maximum absolute atomic E-state index is 11.4. The van der Waals surface area contributed by atoms with Crippen LogP contribution in [0.2, 0.25) is 0 Å². The molecule has 1 aromatic carbocycles. The molecule has 1 amide bonds. The second-order valence-corrected chi connectivity index (χ2v) is 5.84. The van der Waals surface area contributed by atoms with Gasteiger partial charge in [-0.05, 0) is 49.9 Å². The minimum atomic E-state index is -0.982. The number of nitrogens with zero attached hydrogens (tertiary/aromatic N) is 1. The fourth-order valence-corrected chi connectivity index (χ4v) is 2.63. The van der Waals surface area contributed by atoms with Crippen LogP contribution < -0.4 is 5.32 Å². The van der Waals surface area contributed by atoms with Crippen molar-refractivity contribution in [1.29, 1.82) is 0 Å². The van der Waals surface area contributed by atoms with Gasteiger partial charge in [0.1, 0.15) is 6.10 Å². The third-order valence-corrected chi connectivity index (χ3v) is 3.75. The summed E-state index contributed by atoms with van der Waals surface area (Å²) in [4.78, 5) is 13.9. The number of anilines is 1. The van der Waals surface area contributed by atoms with E-state index in [-0.39, 0.29) is 5.91 Å². The number of carbonyl (C=O) groups is 1. The smallest absolute Gasteiger partial charge is 0.252 e. The Balaban J connectivity index is 1.89. The summed E-state index contributed by atoms with van der Waals surface area (Å²) in [5.74, 6) is 0.413. The van der Waals surface area contributed by atoms with Crippen LogP contribution in [0.5, 0.6) is 0 Å². The Hall–Kier alpha value is -1.39. The second-order valence-electron chi connectivity index (χ2n) is 5.84. The van der Waals surface area contributed by atoms with Crippen LogP contribution in [-0.4, -0.2) is 35.1 Å². The standard InChI is InChI=1S/C16H24N2O2/c1-12-4-3-9-18(10-12)11-14-5-7-15(8-6-14)17-16(20)13(2)19/h5-8,12-13,19H,3-4,9-11H2,1-2H3,(H,17,20). The zero-order valence-electron chi connectivity index (χ0n) is 12.3. The van der Waals surface area contributed by atoms with Crippen LogP contribution >= 0.6 is 0 Å². The summed E-state index contributed by atoms with van der Waals surface area (Å²) in [6, 6.07) is 7.86. The van der Waals surface area contributed by atoms with Crippen LogP contribution in [0.1, 0.15) is 32.3 Å². The van der Waals surface area contributed by atoms with Crippen molar-refractivity contribution in [2.24, 2.45) is 5.92 Å². The molecule has 1 fully saturated rings. The Morgan fingerprint density at radius 3 is 2.75 bits per heavy atom. The van der Waals surface area contributed by atoms with Gasteiger partial charge in [0.15, 0.2) is 0 Å². The van der Waals surface area contributed by atoms with Crippen molar-refractivity contribution in [3.05, 3.63) is 29.8 Å². The minimum absolute atomic E-state index is 0.373. The SMILES string of the molecule is CC1CCCN(Cc2ccc(NC(=O)C(C)O)cc2)C1. The summed E-state index contributed by atoms with van der Waals surface area (Å²) in [5.41, 5.74) is 1.99. The highest BCUT2D eigenvalue weighted by Gasteiger charge is 2.16. The predicted octanol–water partition coefficient (Wildman–Crippen LogP) is 2.24. The molecule has 1 saturated heterocycles. The molecule has 0 radical (unpaired) electrons. The van der Waals surface area contributed by atoms with E-state index in [1.807, 2.05) is 24.3 Å². The molecular formula is C16H24N2O2. The highest BCUT2D eigenvalue weighted by atomic mass is 16.3. The zero-order valence-corrected chi connectivity index (χ0v) is 12.3. The van der Waals surface area contributed by atoms with Crippen LogP contribution in [0.25, 0.3) is 0 Å². The first-order valence-corrected chi connectivity index (χ1v) is 7.35. The van der Waals surface area contributed by atoms with Gasteiger partial charge in [-0.15, -0.1) is 0 Å². The molecule has 1 aromatic rings. The van der Waals surface area contributed by atoms with Crippen molar-refractivity contribution in [2.45, 2.75) is 39.3 Å². The maximum atomic E-state index is 11.4. The normalized spacial score (nSPS) is 21.4. The van der Waals surface area contributed by atoms with Gasteiger partial charge in [-0.1, -0.05) is 19.1 Å². The fourth-order valence-electron chi connectivity index (χ4n) is 2.63. The largest absolute Gasteiger partial charge is 0.384 e. The molecule has 4 nitrogen and oxygen atoms in total. The lowest BCUT2D eigenvalue weighted by molar-refractivity contribution is -0.123. The third kappa shape index (κ3) is 4.32. The van der Waals surface area contributed by atoms with E-state index in [4.69, 9.17) is 5.11 Å². The number of benzene rings is 1. The molecule has 0 aliphatic carbocycles. The Kier molecular flexibility index (Phi) is 5.15. The molecule has 1 aliphatic rings. The van der Waals surface area contributed by atoms with E-state index in [2.05, 4.69) is 17.1 Å². The van der Waals surface area contributed by atoms with Crippen molar-refractivity contribution in [2.75, 3.05) is 18.4 Å². The van der Waals surface area contributed by atoms with Crippen molar-refractivity contribution in [3.8, 4) is 0 Å². The number of piperidine rings is 1. The average Bonchev–Trinajstić information content (AvgIpc) is 2.41. The lowest BCUT2D eigenvalue weighted by atomic mass is 10.00. The average molecular weight is 276 g/mol. The summed E-state index contributed by atoms with van der Waals surface area (Å²) in [6.07, 6.45) is 1.63. The van der Waals surface area contributed by atoms with Crippen LogP contribution in [0, 0.1) is 5.92 Å². The molecule has 0 saturated carbocycles. The fraction of sp³-hybridized carbons (Fsp3) is 0.562. The van der Waals surface area contributed by atoms with Gasteiger partial charge in [0.2, 0.25) is 0 Å². The van der Waals surface area contributed by atoms with Crippen LogP contribution in [-0.2, 0) is 11.3 Å². The van der Waals surface area contributed by atoms with Gasteiger partial charge in [-0.2, -0.15) is 0 Å². The zero-order chi connectivity index (χ0) is 14.5. The van der Waals surface area contributed by atoms with E-state index in [1.165, 1.54) is 38.4 Å². The third-order valence-electron chi connectivity index (χ3n) is 3.75. The number of aliphatic hydroxyl groups excluding tert-OH is 1. The number of nitrogens with one attached hydrogen (secondary N) is 1. The van der Waals surface area contributed by atoms with Gasteiger partial charge in [0, 0.05) is 18.8 Å². The molecule has 4 heteroatoms. The van der Waals surface area contributed by atoms with Crippen molar-refractivity contribution in [1.82, 2.24) is 4.90 Å². The highest BCUT2D eigenvalue weighted by Crippen LogP contribution is 2.18. The number of likely N-dealkylation sites (tertiary alicyclic amines) is 1. The summed E-state index contributed by atoms with van der Waals surface area (Å²) in [5, 5.41) is 11.8. The first-order valence-electron chi connectivity index (χ1n) is 7.35. The Morgan fingerprint density at radius 2 is 2.15 bits per heavy atom. The van der Waals surface area contributed by atoms with Crippen molar-refractivity contribution >= 4 is 11.6 Å². The molecule has 1 aliphatic heterocycles. The molecule has 0 aromatic heterocycles. The molecule has 2 rings (SSSR count). The molecule has 0 bridgehead atoms. The number of carbonyl (C=O) groups excluding carboxylic acids is 1. The number of rotatable bonds is 4. The van der Waals surface area contributed by atoms with E-state index in [0.717, 1.165) is 18.2 Å². The highest BCUT2D eigenvalue weighted by molar-refractivity contribution is 5.93. The number of amides is 1. The lowest BCUT2D eigenvalue weighted by Gasteiger charge is -2.30. The lowest BCUT2D eigenvalue weighted by Crippen LogP contribution is -2.33. The van der Waals surface area contributed by atoms with E-state index in [0.29, 0.717) is 0 Å². The van der Waals surface area contributed by atoms with E-state index in [1.54, 1.807) is 0 Å². The topological polar surface area (TPSA) is 52.6 Å². The molecule has 2 atom stereocenters. The van der Waals surface area contributed by atoms with Gasteiger partial charge in [-0.25, -0.2) is 0 Å². The second kappa shape index (κ2) is 6.86. The predicted molar refractivity (Wildman–Crippen MR) is 80.4 cm³/mol. The Morgan fingerprint density at radius 1 is 1.45 bits per heavy atom. The van der Waals surface area contributed by atoms with Gasteiger partial charge >= 0.3 is 0 Å². The van der Waals surface area contributed by atoms with Crippen LogP contribution in [0.3, 0.4) is 0 Å². The molecule has 0 spiro atoms. The van der Waals surface area contributed by atoms with Gasteiger partial charge < -0.3 is 10.4 Å². The van der Waals surface area contributed by atoms with Crippen molar-refractivity contribution in [3.63, 3.8) is 0 Å². The van der Waals surface area contributed by atoms with E-state index in [9.17, 15) is 4.79 Å². The quantitative estimate of drug-likeness (QED) is 0.886. The summed E-state index contributed by atoms with van der Waals surface area (Å²) >= 11 is 0. The van der Waals surface area contributed by atoms with E-state index >= 15 is 0 Å². The minimum Gasteiger partial charge on any atom is -0.384 e. The van der Waals surface area contributed by atoms with Gasteiger partial charge in [0.25, 0.3) is 5.91 Å². The van der Waals surface area contributed by atoms with E-state index < -0.39 is 6.10 Å². The molecule has 2 unspecified atom stereocenters. The Bertz CT molecular complexity index is 442. The summed E-state index contributed by atoms with van der Waals surface area (Å²) in [7, 11) is 0. The number of hydrogen-bond acceptors (Lipinski definition) is 3. The number of aliphatic hydroxyl groups is 1. The van der Waals surface area contributed by atoms with Crippen molar-refractivity contribution < 1.29 is 9.90 Å². The monoisotopic (exact) mass is 276 g/mol. The maximum Gasteiger partial charge on any atom is 0.252 e. The number of hydrogen-bond donors (Lipinski definition) is 2. The summed E-state index contributed by atoms with van der Waals surface area (Å²) < 4.78 is 0. The molecule has 110 valence electrons.